The summed E-state index contributed by atoms with van der Waals surface area (Å²) in [5.74, 6) is -1.10. The van der Waals surface area contributed by atoms with E-state index in [1.165, 1.54) is 6.92 Å². The van der Waals surface area contributed by atoms with Crippen molar-refractivity contribution >= 4 is 29.7 Å². The van der Waals surface area contributed by atoms with E-state index in [1.807, 2.05) is 55.5 Å². The second kappa shape index (κ2) is 10.4. The van der Waals surface area contributed by atoms with Crippen LogP contribution in [0.25, 0.3) is 23.3 Å². The summed E-state index contributed by atoms with van der Waals surface area (Å²) < 4.78 is 0. The molecular formula is C25H25ClN2O3. The predicted molar refractivity (Wildman–Crippen MR) is 125 cm³/mol. The molecule has 0 aliphatic rings. The first-order chi connectivity index (χ1) is 14.9. The summed E-state index contributed by atoms with van der Waals surface area (Å²) in [5.41, 5.74) is 5.89. The zero-order valence-corrected chi connectivity index (χ0v) is 18.2. The number of hydrogen-bond acceptors (Lipinski definition) is 4. The Hall–Kier alpha value is -2.99. The molecule has 0 aliphatic heterocycles. The van der Waals surface area contributed by atoms with Crippen molar-refractivity contribution in [2.45, 2.75) is 32.5 Å². The van der Waals surface area contributed by atoms with Gasteiger partial charge in [0, 0.05) is 17.8 Å². The van der Waals surface area contributed by atoms with Crippen molar-refractivity contribution in [2.24, 2.45) is 0 Å². The fraction of sp³-hybridized carbons (Fsp3) is 0.200. The van der Waals surface area contributed by atoms with Gasteiger partial charge in [0.15, 0.2) is 0 Å². The Kier molecular flexibility index (Phi) is 7.58. The summed E-state index contributed by atoms with van der Waals surface area (Å²) in [6.07, 6.45) is 4.65. The number of aliphatic carboxylic acids is 1. The van der Waals surface area contributed by atoms with Gasteiger partial charge in [-0.3, -0.25) is 15.1 Å². The number of benzene rings is 2. The first-order valence-corrected chi connectivity index (χ1v) is 10.4. The number of aromatic nitrogens is 1. The third-order valence-electron chi connectivity index (χ3n) is 5.09. The molecule has 0 spiro atoms. The van der Waals surface area contributed by atoms with E-state index in [0.29, 0.717) is 5.02 Å². The van der Waals surface area contributed by atoms with Gasteiger partial charge in [0.2, 0.25) is 0 Å². The summed E-state index contributed by atoms with van der Waals surface area (Å²) in [6, 6.07) is 16.7. The van der Waals surface area contributed by atoms with E-state index in [1.54, 1.807) is 12.3 Å². The Bertz CT molecular complexity index is 1080. The number of aliphatic hydroxyl groups is 1. The topological polar surface area (TPSA) is 82.5 Å². The highest BCUT2D eigenvalue weighted by Crippen LogP contribution is 2.26. The number of pyridine rings is 1. The minimum atomic E-state index is -1.10. The quantitative estimate of drug-likeness (QED) is 0.472. The van der Waals surface area contributed by atoms with Crippen LogP contribution in [0.15, 0.2) is 60.8 Å². The molecule has 5 nitrogen and oxygen atoms in total. The van der Waals surface area contributed by atoms with E-state index in [4.69, 9.17) is 16.7 Å². The smallest absolute Gasteiger partial charge is 0.323 e. The lowest BCUT2D eigenvalue weighted by molar-refractivity contribution is -0.142. The molecule has 3 aromatic rings. The average Bonchev–Trinajstić information content (AvgIpc) is 2.74. The molecule has 1 aromatic heterocycles. The van der Waals surface area contributed by atoms with Gasteiger partial charge >= 0.3 is 5.97 Å². The number of carboxylic acid groups (broad SMARTS) is 1. The molecule has 0 saturated carbocycles. The van der Waals surface area contributed by atoms with Crippen molar-refractivity contribution in [3.63, 3.8) is 0 Å². The zero-order chi connectivity index (χ0) is 22.4. The van der Waals surface area contributed by atoms with Crippen molar-refractivity contribution < 1.29 is 15.0 Å². The average molecular weight is 437 g/mol. The van der Waals surface area contributed by atoms with Crippen LogP contribution < -0.4 is 5.32 Å². The van der Waals surface area contributed by atoms with Gasteiger partial charge in [-0.1, -0.05) is 60.1 Å². The fourth-order valence-electron chi connectivity index (χ4n) is 3.33. The molecule has 6 heteroatoms. The van der Waals surface area contributed by atoms with Crippen LogP contribution >= 0.6 is 11.6 Å². The van der Waals surface area contributed by atoms with E-state index < -0.39 is 18.1 Å². The summed E-state index contributed by atoms with van der Waals surface area (Å²) in [5, 5.41) is 22.1. The Labute approximate surface area is 187 Å². The summed E-state index contributed by atoms with van der Waals surface area (Å²) in [7, 11) is 0. The van der Waals surface area contributed by atoms with Gasteiger partial charge < -0.3 is 10.2 Å². The summed E-state index contributed by atoms with van der Waals surface area (Å²) in [4.78, 5) is 15.7. The highest BCUT2D eigenvalue weighted by Gasteiger charge is 2.22. The molecule has 0 fully saturated rings. The maximum Gasteiger partial charge on any atom is 0.323 e. The molecule has 2 aromatic carbocycles. The largest absolute Gasteiger partial charge is 0.480 e. The van der Waals surface area contributed by atoms with Crippen LogP contribution in [-0.4, -0.2) is 33.3 Å². The number of carbonyl (C=O) groups is 1. The van der Waals surface area contributed by atoms with Crippen molar-refractivity contribution in [3.05, 3.63) is 88.2 Å². The van der Waals surface area contributed by atoms with Crippen LogP contribution in [0.4, 0.5) is 0 Å². The van der Waals surface area contributed by atoms with Gasteiger partial charge in [-0.05, 0) is 59.9 Å². The number of nitrogens with one attached hydrogen (secondary N) is 1. The van der Waals surface area contributed by atoms with Crippen LogP contribution in [0, 0.1) is 6.92 Å². The number of carboxylic acids is 1. The van der Waals surface area contributed by atoms with Crippen molar-refractivity contribution in [2.75, 3.05) is 0 Å². The maximum atomic E-state index is 11.2. The standard InChI is InChI=1S/C25H25ClN2O3/c1-16-21(19-6-4-3-5-7-19)12-13-27-23(16)11-10-20-9-8-18(14-22(20)26)15-28-24(17(2)29)25(30)31/h3-14,17,24,28-29H,15H2,1-2H3,(H,30,31)/b11-10+/t17-,24-/m0/s1. The third-order valence-corrected chi connectivity index (χ3v) is 5.42. The van der Waals surface area contributed by atoms with Gasteiger partial charge in [-0.15, -0.1) is 0 Å². The first-order valence-electron chi connectivity index (χ1n) is 9.98. The SMILES string of the molecule is Cc1c(-c2ccccc2)ccnc1/C=C/c1ccc(CN[C@H](C(=O)O)[C@H](C)O)cc1Cl. The van der Waals surface area contributed by atoms with Crippen LogP contribution in [-0.2, 0) is 11.3 Å². The molecule has 0 saturated heterocycles. The van der Waals surface area contributed by atoms with Crippen molar-refractivity contribution in [1.82, 2.24) is 10.3 Å². The van der Waals surface area contributed by atoms with Crippen molar-refractivity contribution in [1.29, 1.82) is 0 Å². The van der Waals surface area contributed by atoms with Crippen molar-refractivity contribution in [3.8, 4) is 11.1 Å². The minimum Gasteiger partial charge on any atom is -0.480 e. The van der Waals surface area contributed by atoms with Gasteiger partial charge in [0.05, 0.1) is 11.8 Å². The first kappa shape index (κ1) is 22.7. The molecule has 3 rings (SSSR count). The van der Waals surface area contributed by atoms with Crippen LogP contribution in [0.5, 0.6) is 0 Å². The lowest BCUT2D eigenvalue weighted by atomic mass is 10.00. The molecule has 0 unspecified atom stereocenters. The number of hydrogen-bond donors (Lipinski definition) is 3. The van der Waals surface area contributed by atoms with Crippen LogP contribution in [0.2, 0.25) is 5.02 Å². The molecule has 0 radical (unpaired) electrons. The highest BCUT2D eigenvalue weighted by atomic mass is 35.5. The second-order valence-electron chi connectivity index (χ2n) is 7.36. The molecule has 1 heterocycles. The van der Waals surface area contributed by atoms with E-state index in [2.05, 4.69) is 22.4 Å². The zero-order valence-electron chi connectivity index (χ0n) is 17.4. The molecule has 3 N–H and O–H groups in total. The van der Waals surface area contributed by atoms with E-state index >= 15 is 0 Å². The van der Waals surface area contributed by atoms with Gasteiger partial charge in [-0.2, -0.15) is 0 Å². The van der Waals surface area contributed by atoms with Crippen LogP contribution in [0.1, 0.15) is 29.3 Å². The monoisotopic (exact) mass is 436 g/mol. The predicted octanol–water partition coefficient (Wildman–Crippen LogP) is 4.80. The maximum absolute atomic E-state index is 11.2. The number of halogens is 1. The Morgan fingerprint density at radius 1 is 1.16 bits per heavy atom. The fourth-order valence-corrected chi connectivity index (χ4v) is 3.59. The lowest BCUT2D eigenvalue weighted by Gasteiger charge is -2.17. The summed E-state index contributed by atoms with van der Waals surface area (Å²) >= 11 is 6.44. The normalized spacial score (nSPS) is 13.3. The summed E-state index contributed by atoms with van der Waals surface area (Å²) in [6.45, 7) is 3.77. The van der Waals surface area contributed by atoms with Gasteiger partial charge in [-0.25, -0.2) is 0 Å². The van der Waals surface area contributed by atoms with Gasteiger partial charge in [0.1, 0.15) is 6.04 Å². The van der Waals surface area contributed by atoms with Crippen LogP contribution in [0.3, 0.4) is 0 Å². The molecule has 2 atom stereocenters. The number of aliphatic hydroxyl groups excluding tert-OH is 1. The molecule has 31 heavy (non-hydrogen) atoms. The Morgan fingerprint density at radius 3 is 2.55 bits per heavy atom. The molecule has 0 bridgehead atoms. The lowest BCUT2D eigenvalue weighted by Crippen LogP contribution is -2.44. The third kappa shape index (κ3) is 5.79. The van der Waals surface area contributed by atoms with Gasteiger partial charge in [0.25, 0.3) is 0 Å². The second-order valence-corrected chi connectivity index (χ2v) is 7.77. The molecule has 0 aliphatic carbocycles. The number of rotatable bonds is 8. The minimum absolute atomic E-state index is 0.283. The van der Waals surface area contributed by atoms with E-state index in [9.17, 15) is 9.90 Å². The Balaban J connectivity index is 1.76. The molecule has 0 amide bonds. The number of nitrogens with zero attached hydrogens (tertiary/aromatic N) is 1. The van der Waals surface area contributed by atoms with E-state index in [-0.39, 0.29) is 6.54 Å². The Morgan fingerprint density at radius 2 is 1.90 bits per heavy atom. The molecule has 160 valence electrons. The highest BCUT2D eigenvalue weighted by molar-refractivity contribution is 6.32. The van der Waals surface area contributed by atoms with E-state index in [0.717, 1.165) is 33.5 Å². The molecular weight excluding hydrogens is 412 g/mol.